The van der Waals surface area contributed by atoms with Crippen LogP contribution in [0.4, 0.5) is 5.69 Å². The van der Waals surface area contributed by atoms with E-state index in [4.69, 9.17) is 4.42 Å². The van der Waals surface area contributed by atoms with E-state index < -0.39 is 0 Å². The van der Waals surface area contributed by atoms with Gasteiger partial charge in [0.05, 0.1) is 17.3 Å². The molecule has 2 aromatic heterocycles. The van der Waals surface area contributed by atoms with Gasteiger partial charge in [-0.2, -0.15) is 0 Å². The second-order valence-electron chi connectivity index (χ2n) is 5.18. The third-order valence-electron chi connectivity index (χ3n) is 3.45. The smallest absolute Gasteiger partial charge is 0.255 e. The Morgan fingerprint density at radius 1 is 1.29 bits per heavy atom. The average molecular weight is 287 g/mol. The first-order valence-corrected chi connectivity index (χ1v) is 6.94. The predicted molar refractivity (Wildman–Crippen MR) is 82.6 cm³/mol. The number of anilines is 1. The Bertz CT molecular complexity index is 662. The van der Waals surface area contributed by atoms with Crippen LogP contribution < -0.4 is 10.6 Å². The molecular weight excluding hydrogens is 266 g/mol. The molecule has 0 aliphatic rings. The zero-order valence-corrected chi connectivity index (χ0v) is 13.1. The molecule has 0 aromatic carbocycles. The van der Waals surface area contributed by atoms with E-state index in [1.165, 1.54) is 0 Å². The summed E-state index contributed by atoms with van der Waals surface area (Å²) in [6.07, 6.45) is 1.59. The van der Waals surface area contributed by atoms with Crippen molar-refractivity contribution in [2.75, 3.05) is 12.4 Å². The zero-order valence-electron chi connectivity index (χ0n) is 13.1. The lowest BCUT2D eigenvalue weighted by Gasteiger charge is -2.15. The second kappa shape index (κ2) is 5.99. The quantitative estimate of drug-likeness (QED) is 0.906. The Morgan fingerprint density at radius 3 is 2.57 bits per heavy atom. The number of nitrogens with one attached hydrogen (secondary N) is 2. The van der Waals surface area contributed by atoms with Crippen molar-refractivity contribution in [1.29, 1.82) is 0 Å². The van der Waals surface area contributed by atoms with Crippen molar-refractivity contribution in [3.63, 3.8) is 0 Å². The molecule has 5 nitrogen and oxygen atoms in total. The highest BCUT2D eigenvalue weighted by Gasteiger charge is 2.18. The van der Waals surface area contributed by atoms with Crippen LogP contribution in [0.3, 0.4) is 0 Å². The summed E-state index contributed by atoms with van der Waals surface area (Å²) in [6.45, 7) is 7.63. The first-order chi connectivity index (χ1) is 9.92. The van der Waals surface area contributed by atoms with Crippen LogP contribution in [0.15, 0.2) is 22.7 Å². The SMILES string of the molecule is CNc1cc(C)ncc1C(=O)NC(C)c1cc(C)oc1C. The second-order valence-corrected chi connectivity index (χ2v) is 5.18. The van der Waals surface area contributed by atoms with Gasteiger partial charge in [-0.3, -0.25) is 9.78 Å². The fourth-order valence-electron chi connectivity index (χ4n) is 2.38. The molecule has 5 heteroatoms. The molecule has 0 aliphatic heterocycles. The number of pyridine rings is 1. The highest BCUT2D eigenvalue weighted by molar-refractivity contribution is 5.99. The van der Waals surface area contributed by atoms with Crippen molar-refractivity contribution in [3.05, 3.63) is 46.7 Å². The van der Waals surface area contributed by atoms with E-state index >= 15 is 0 Å². The lowest BCUT2D eigenvalue weighted by molar-refractivity contribution is 0.0940. The minimum atomic E-state index is -0.155. The molecule has 2 heterocycles. The molecule has 2 N–H and O–H groups in total. The molecule has 2 rings (SSSR count). The zero-order chi connectivity index (χ0) is 15.6. The number of carbonyl (C=O) groups is 1. The number of amides is 1. The summed E-state index contributed by atoms with van der Waals surface area (Å²) in [6, 6.07) is 3.68. The van der Waals surface area contributed by atoms with Crippen LogP contribution in [0.2, 0.25) is 0 Å². The van der Waals surface area contributed by atoms with E-state index in [9.17, 15) is 4.79 Å². The topological polar surface area (TPSA) is 67.2 Å². The number of furan rings is 1. The molecule has 112 valence electrons. The van der Waals surface area contributed by atoms with Crippen LogP contribution in [-0.2, 0) is 0 Å². The van der Waals surface area contributed by atoms with Gasteiger partial charge in [0.2, 0.25) is 0 Å². The van der Waals surface area contributed by atoms with Crippen LogP contribution in [-0.4, -0.2) is 17.9 Å². The summed E-state index contributed by atoms with van der Waals surface area (Å²) in [5.74, 6) is 1.52. The molecule has 1 amide bonds. The van der Waals surface area contributed by atoms with E-state index in [2.05, 4.69) is 15.6 Å². The van der Waals surface area contributed by atoms with E-state index in [1.807, 2.05) is 39.8 Å². The summed E-state index contributed by atoms with van der Waals surface area (Å²) < 4.78 is 5.51. The van der Waals surface area contributed by atoms with Gasteiger partial charge < -0.3 is 15.1 Å². The van der Waals surface area contributed by atoms with Gasteiger partial charge >= 0.3 is 0 Å². The van der Waals surface area contributed by atoms with Crippen molar-refractivity contribution in [3.8, 4) is 0 Å². The maximum absolute atomic E-state index is 12.4. The largest absolute Gasteiger partial charge is 0.466 e. The normalized spacial score (nSPS) is 12.0. The third-order valence-corrected chi connectivity index (χ3v) is 3.45. The Kier molecular flexibility index (Phi) is 4.31. The Labute approximate surface area is 124 Å². The fraction of sp³-hybridized carbons (Fsp3) is 0.375. The summed E-state index contributed by atoms with van der Waals surface area (Å²) >= 11 is 0. The van der Waals surface area contributed by atoms with E-state index in [0.29, 0.717) is 5.56 Å². The number of rotatable bonds is 4. The molecular formula is C16H21N3O2. The molecule has 21 heavy (non-hydrogen) atoms. The van der Waals surface area contributed by atoms with Gasteiger partial charge in [-0.05, 0) is 39.8 Å². The molecule has 2 aromatic rings. The summed E-state index contributed by atoms with van der Waals surface area (Å²) in [5.41, 5.74) is 3.16. The Hall–Kier alpha value is -2.30. The summed E-state index contributed by atoms with van der Waals surface area (Å²) in [4.78, 5) is 16.6. The highest BCUT2D eigenvalue weighted by atomic mass is 16.3. The monoisotopic (exact) mass is 287 g/mol. The van der Waals surface area contributed by atoms with Gasteiger partial charge in [0, 0.05) is 24.5 Å². The molecule has 0 saturated carbocycles. The standard InChI is InChI=1S/C16H21N3O2/c1-9-6-15(17-5)14(8-18-9)16(20)19-11(3)13-7-10(2)21-12(13)4/h6-8,11H,1-5H3,(H,17,18)(H,19,20). The van der Waals surface area contributed by atoms with Crippen molar-refractivity contribution in [1.82, 2.24) is 10.3 Å². The maximum Gasteiger partial charge on any atom is 0.255 e. The summed E-state index contributed by atoms with van der Waals surface area (Å²) in [7, 11) is 1.79. The fourth-order valence-corrected chi connectivity index (χ4v) is 2.38. The predicted octanol–water partition coefficient (Wildman–Crippen LogP) is 3.13. The van der Waals surface area contributed by atoms with Gasteiger partial charge in [0.1, 0.15) is 11.5 Å². The number of aromatic nitrogens is 1. The minimum Gasteiger partial charge on any atom is -0.466 e. The van der Waals surface area contributed by atoms with Crippen LogP contribution in [0.1, 0.15) is 46.1 Å². The lowest BCUT2D eigenvalue weighted by atomic mass is 10.1. The molecule has 0 radical (unpaired) electrons. The van der Waals surface area contributed by atoms with E-state index in [0.717, 1.165) is 28.5 Å². The van der Waals surface area contributed by atoms with Crippen LogP contribution in [0.25, 0.3) is 0 Å². The minimum absolute atomic E-state index is 0.124. The van der Waals surface area contributed by atoms with Gasteiger partial charge in [0.25, 0.3) is 5.91 Å². The van der Waals surface area contributed by atoms with Crippen molar-refractivity contribution < 1.29 is 9.21 Å². The maximum atomic E-state index is 12.4. The van der Waals surface area contributed by atoms with E-state index in [1.54, 1.807) is 13.2 Å². The van der Waals surface area contributed by atoms with Gasteiger partial charge in [-0.15, -0.1) is 0 Å². The van der Waals surface area contributed by atoms with Gasteiger partial charge in [-0.25, -0.2) is 0 Å². The third kappa shape index (κ3) is 3.24. The van der Waals surface area contributed by atoms with Crippen molar-refractivity contribution in [2.45, 2.75) is 33.7 Å². The van der Waals surface area contributed by atoms with Gasteiger partial charge in [-0.1, -0.05) is 0 Å². The van der Waals surface area contributed by atoms with E-state index in [-0.39, 0.29) is 11.9 Å². The first-order valence-electron chi connectivity index (χ1n) is 6.94. The molecule has 1 atom stereocenters. The van der Waals surface area contributed by atoms with Crippen LogP contribution >= 0.6 is 0 Å². The Balaban J connectivity index is 2.20. The van der Waals surface area contributed by atoms with Crippen molar-refractivity contribution in [2.24, 2.45) is 0 Å². The number of hydrogen-bond acceptors (Lipinski definition) is 4. The lowest BCUT2D eigenvalue weighted by Crippen LogP contribution is -2.27. The van der Waals surface area contributed by atoms with Gasteiger partial charge in [0.15, 0.2) is 0 Å². The molecule has 0 aliphatic carbocycles. The number of aryl methyl sites for hydroxylation is 3. The van der Waals surface area contributed by atoms with Crippen LogP contribution in [0, 0.1) is 20.8 Å². The molecule has 0 saturated heterocycles. The average Bonchev–Trinajstić information content (AvgIpc) is 2.77. The molecule has 0 spiro atoms. The Morgan fingerprint density at radius 2 is 2.00 bits per heavy atom. The number of hydrogen-bond donors (Lipinski definition) is 2. The number of carbonyl (C=O) groups excluding carboxylic acids is 1. The summed E-state index contributed by atoms with van der Waals surface area (Å²) in [5, 5.41) is 6.01. The molecule has 0 fully saturated rings. The van der Waals surface area contributed by atoms with Crippen molar-refractivity contribution >= 4 is 11.6 Å². The highest BCUT2D eigenvalue weighted by Crippen LogP contribution is 2.22. The first kappa shape index (κ1) is 15.1. The molecule has 0 bridgehead atoms. The number of nitrogens with zero attached hydrogens (tertiary/aromatic N) is 1. The molecule has 1 unspecified atom stereocenters. The van der Waals surface area contributed by atoms with Crippen LogP contribution in [0.5, 0.6) is 0 Å².